The van der Waals surface area contributed by atoms with Gasteiger partial charge in [0.05, 0.1) is 5.75 Å². The van der Waals surface area contributed by atoms with Gasteiger partial charge in [0.25, 0.3) is 0 Å². The van der Waals surface area contributed by atoms with E-state index in [1.807, 2.05) is 30.3 Å². The number of hydrogen-bond donors (Lipinski definition) is 2. The Morgan fingerprint density at radius 3 is 2.52 bits per heavy atom. The number of nitrogens with two attached hydrogens (primary N) is 2. The minimum Gasteiger partial charge on any atom is -0.359 e. The quantitative estimate of drug-likeness (QED) is 0.544. The van der Waals surface area contributed by atoms with E-state index >= 15 is 0 Å². The highest BCUT2D eigenvalue weighted by Gasteiger charge is 2.15. The number of nitrogens with one attached hydrogen (secondary N) is 2. The Hall–Kier alpha value is -2.61. The van der Waals surface area contributed by atoms with Crippen molar-refractivity contribution in [3.05, 3.63) is 42.3 Å². The minimum atomic E-state index is 0.490. The third-order valence-corrected chi connectivity index (χ3v) is 3.55. The zero-order valence-corrected chi connectivity index (χ0v) is 11.9. The van der Waals surface area contributed by atoms with Crippen LogP contribution < -0.4 is 21.4 Å². The SMILES string of the molecule is Nc1cc(N)[nH+]c(SCc2nc(-c3ccccc3)no2)[nH+]1. The fourth-order valence-corrected chi connectivity index (χ4v) is 2.52. The number of rotatable bonds is 4. The summed E-state index contributed by atoms with van der Waals surface area (Å²) in [6, 6.07) is 11.3. The van der Waals surface area contributed by atoms with E-state index in [4.69, 9.17) is 16.0 Å². The highest BCUT2D eigenvalue weighted by molar-refractivity contribution is 7.98. The lowest BCUT2D eigenvalue weighted by Crippen LogP contribution is -2.26. The van der Waals surface area contributed by atoms with Gasteiger partial charge in [0.15, 0.2) is 0 Å². The van der Waals surface area contributed by atoms with Crippen molar-refractivity contribution in [3.8, 4) is 11.4 Å². The zero-order chi connectivity index (χ0) is 14.7. The molecular weight excluding hydrogens is 288 g/mol. The van der Waals surface area contributed by atoms with Crippen molar-refractivity contribution < 1.29 is 14.5 Å². The van der Waals surface area contributed by atoms with E-state index < -0.39 is 0 Å². The van der Waals surface area contributed by atoms with Crippen molar-refractivity contribution in [2.45, 2.75) is 10.9 Å². The Labute approximate surface area is 124 Å². The molecule has 6 N–H and O–H groups in total. The minimum absolute atomic E-state index is 0.490. The van der Waals surface area contributed by atoms with Crippen LogP contribution in [0.2, 0.25) is 0 Å². The molecule has 3 rings (SSSR count). The van der Waals surface area contributed by atoms with Crippen LogP contribution in [0.1, 0.15) is 5.89 Å². The summed E-state index contributed by atoms with van der Waals surface area (Å²) in [4.78, 5) is 10.3. The van der Waals surface area contributed by atoms with Crippen molar-refractivity contribution in [1.82, 2.24) is 10.1 Å². The first-order chi connectivity index (χ1) is 10.2. The third kappa shape index (κ3) is 3.29. The molecule has 0 bridgehead atoms. The number of hydrogen-bond acceptors (Lipinski definition) is 6. The molecule has 0 saturated carbocycles. The van der Waals surface area contributed by atoms with Gasteiger partial charge in [0, 0.05) is 5.56 Å². The lowest BCUT2D eigenvalue weighted by Gasteiger charge is -1.92. The van der Waals surface area contributed by atoms with Crippen LogP contribution in [0, 0.1) is 0 Å². The number of anilines is 2. The second-order valence-electron chi connectivity index (χ2n) is 4.30. The fourth-order valence-electron chi connectivity index (χ4n) is 1.76. The Bertz CT molecular complexity index is 725. The van der Waals surface area contributed by atoms with Crippen molar-refractivity contribution in [1.29, 1.82) is 0 Å². The van der Waals surface area contributed by atoms with Gasteiger partial charge in [0.2, 0.25) is 17.5 Å². The molecule has 3 aromatic rings. The van der Waals surface area contributed by atoms with E-state index in [-0.39, 0.29) is 0 Å². The lowest BCUT2D eigenvalue weighted by atomic mass is 10.2. The molecule has 0 amide bonds. The van der Waals surface area contributed by atoms with Crippen molar-refractivity contribution in [3.63, 3.8) is 0 Å². The maximum absolute atomic E-state index is 5.69. The van der Waals surface area contributed by atoms with E-state index in [2.05, 4.69) is 20.1 Å². The molecule has 0 atom stereocenters. The van der Waals surface area contributed by atoms with Gasteiger partial charge in [-0.3, -0.25) is 5.73 Å². The summed E-state index contributed by atoms with van der Waals surface area (Å²) < 4.78 is 5.23. The van der Waals surface area contributed by atoms with E-state index in [0.717, 1.165) is 10.7 Å². The average Bonchev–Trinajstić information content (AvgIpc) is 2.94. The van der Waals surface area contributed by atoms with Gasteiger partial charge in [-0.05, 0) is 11.8 Å². The summed E-state index contributed by atoms with van der Waals surface area (Å²) in [6.45, 7) is 0. The van der Waals surface area contributed by atoms with E-state index in [1.165, 1.54) is 11.8 Å². The second-order valence-corrected chi connectivity index (χ2v) is 5.29. The summed E-state index contributed by atoms with van der Waals surface area (Å²) in [6.07, 6.45) is 0. The molecule has 8 heteroatoms. The van der Waals surface area contributed by atoms with Crippen LogP contribution in [0.3, 0.4) is 0 Å². The molecule has 0 radical (unpaired) electrons. The molecular formula is C13H14N6OS+2. The van der Waals surface area contributed by atoms with Crippen LogP contribution in [0.15, 0.2) is 46.1 Å². The van der Waals surface area contributed by atoms with Crippen LogP contribution >= 0.6 is 11.8 Å². The number of aromatic nitrogens is 4. The first-order valence-electron chi connectivity index (χ1n) is 6.22. The van der Waals surface area contributed by atoms with Crippen molar-refractivity contribution >= 4 is 23.4 Å². The highest BCUT2D eigenvalue weighted by Crippen LogP contribution is 2.19. The predicted octanol–water partition coefficient (Wildman–Crippen LogP) is 0.821. The topological polar surface area (TPSA) is 119 Å². The van der Waals surface area contributed by atoms with E-state index in [1.54, 1.807) is 6.07 Å². The van der Waals surface area contributed by atoms with Crippen LogP contribution in [0.5, 0.6) is 0 Å². The zero-order valence-electron chi connectivity index (χ0n) is 11.0. The van der Waals surface area contributed by atoms with E-state index in [0.29, 0.717) is 29.1 Å². The predicted molar refractivity (Wildman–Crippen MR) is 77.7 cm³/mol. The molecule has 1 aromatic carbocycles. The van der Waals surface area contributed by atoms with Gasteiger partial charge in [-0.15, -0.1) is 0 Å². The molecule has 2 heterocycles. The van der Waals surface area contributed by atoms with Gasteiger partial charge in [-0.25, -0.2) is 0 Å². The third-order valence-electron chi connectivity index (χ3n) is 2.67. The Balaban J connectivity index is 1.70. The van der Waals surface area contributed by atoms with Gasteiger partial charge < -0.3 is 10.3 Å². The summed E-state index contributed by atoms with van der Waals surface area (Å²) in [5, 5.41) is 4.69. The van der Waals surface area contributed by atoms with Gasteiger partial charge in [-0.2, -0.15) is 15.0 Å². The van der Waals surface area contributed by atoms with Crippen LogP contribution in [-0.2, 0) is 5.75 Å². The smallest absolute Gasteiger partial charge is 0.359 e. The van der Waals surface area contributed by atoms with Crippen LogP contribution in [0.25, 0.3) is 11.4 Å². The molecule has 0 fully saturated rings. The number of thioether (sulfide) groups is 1. The largest absolute Gasteiger partial charge is 0.375 e. The van der Waals surface area contributed by atoms with Crippen molar-refractivity contribution in [2.24, 2.45) is 0 Å². The standard InChI is InChI=1S/C13H12N6OS/c14-9-6-10(15)17-13(16-9)21-7-11-18-12(19-20-11)8-4-2-1-3-5-8/h1-6H,7H2,(H4,14,15,16,17)/p+2. The first kappa shape index (κ1) is 13.4. The molecule has 0 aliphatic heterocycles. The highest BCUT2D eigenvalue weighted by atomic mass is 32.2. The van der Waals surface area contributed by atoms with E-state index in [9.17, 15) is 0 Å². The summed E-state index contributed by atoms with van der Waals surface area (Å²) in [7, 11) is 0. The summed E-state index contributed by atoms with van der Waals surface area (Å²) in [5.41, 5.74) is 12.3. The van der Waals surface area contributed by atoms with Crippen LogP contribution in [-0.4, -0.2) is 10.1 Å². The number of nitrogens with zero attached hydrogens (tertiary/aromatic N) is 2. The van der Waals surface area contributed by atoms with Gasteiger partial charge in [0.1, 0.15) is 6.07 Å². The summed E-state index contributed by atoms with van der Waals surface area (Å²) in [5.74, 6) is 2.59. The lowest BCUT2D eigenvalue weighted by molar-refractivity contribution is -0.590. The molecule has 0 saturated heterocycles. The average molecular weight is 302 g/mol. The number of benzene rings is 1. The molecule has 21 heavy (non-hydrogen) atoms. The summed E-state index contributed by atoms with van der Waals surface area (Å²) >= 11 is 1.44. The Kier molecular flexibility index (Phi) is 3.69. The monoisotopic (exact) mass is 302 g/mol. The maximum Gasteiger partial charge on any atom is 0.375 e. The second kappa shape index (κ2) is 5.80. The fraction of sp³-hybridized carbons (Fsp3) is 0.0769. The molecule has 7 nitrogen and oxygen atoms in total. The maximum atomic E-state index is 5.69. The molecule has 0 spiro atoms. The molecule has 106 valence electrons. The number of nitrogen functional groups attached to an aromatic ring is 2. The first-order valence-corrected chi connectivity index (χ1v) is 7.20. The number of H-pyrrole nitrogens is 2. The molecule has 0 aliphatic carbocycles. The number of aromatic amines is 2. The van der Waals surface area contributed by atoms with Gasteiger partial charge in [-0.1, -0.05) is 35.5 Å². The normalized spacial score (nSPS) is 10.7. The van der Waals surface area contributed by atoms with Crippen molar-refractivity contribution in [2.75, 3.05) is 11.5 Å². The molecule has 0 unspecified atom stereocenters. The van der Waals surface area contributed by atoms with Crippen LogP contribution in [0.4, 0.5) is 11.6 Å². The molecule has 2 aromatic heterocycles. The Morgan fingerprint density at radius 2 is 1.81 bits per heavy atom. The molecule has 0 aliphatic rings. The van der Waals surface area contributed by atoms with Gasteiger partial charge >= 0.3 is 11.0 Å². The Morgan fingerprint density at radius 1 is 1.10 bits per heavy atom.